The summed E-state index contributed by atoms with van der Waals surface area (Å²) in [6.07, 6.45) is 23.4. The van der Waals surface area contributed by atoms with E-state index in [-0.39, 0.29) is 0 Å². The molecule has 3 fully saturated rings. The average Bonchev–Trinajstić information content (AvgIpc) is 2.54. The lowest BCUT2D eigenvalue weighted by atomic mass is 9.66. The van der Waals surface area contributed by atoms with Crippen LogP contribution >= 0.6 is 0 Å². The van der Waals surface area contributed by atoms with Gasteiger partial charge in [-0.2, -0.15) is 0 Å². The van der Waals surface area contributed by atoms with Gasteiger partial charge in [0.1, 0.15) is 0 Å². The Hall–Kier alpha value is 0. The lowest BCUT2D eigenvalue weighted by Gasteiger charge is -2.39. The largest absolute Gasteiger partial charge is 0.0533 e. The second-order valence-corrected chi connectivity index (χ2v) is 7.47. The molecule has 3 aliphatic carbocycles. The summed E-state index contributed by atoms with van der Waals surface area (Å²) in [6, 6.07) is 0. The SMILES string of the molecule is C1CCC2(CC1)CCCC1(CCCCC1)CC2. The van der Waals surface area contributed by atoms with Crippen LogP contribution in [0, 0.1) is 10.8 Å². The first-order valence-electron chi connectivity index (χ1n) is 8.33. The molecule has 0 atom stereocenters. The summed E-state index contributed by atoms with van der Waals surface area (Å²) in [6.45, 7) is 0. The van der Waals surface area contributed by atoms with Crippen LogP contribution in [0.3, 0.4) is 0 Å². The third-order valence-corrected chi connectivity index (χ3v) is 6.43. The van der Waals surface area contributed by atoms with Crippen molar-refractivity contribution < 1.29 is 0 Å². The van der Waals surface area contributed by atoms with E-state index in [9.17, 15) is 0 Å². The van der Waals surface area contributed by atoms with E-state index in [2.05, 4.69) is 0 Å². The zero-order chi connectivity index (χ0) is 11.6. The highest BCUT2D eigenvalue weighted by molar-refractivity contribution is 4.92. The van der Waals surface area contributed by atoms with E-state index < -0.39 is 0 Å². The van der Waals surface area contributed by atoms with E-state index in [1.807, 2.05) is 0 Å². The van der Waals surface area contributed by atoms with Crippen LogP contribution in [0.25, 0.3) is 0 Å². The zero-order valence-electron chi connectivity index (χ0n) is 11.6. The minimum atomic E-state index is 0.819. The molecular formula is C17H30. The Labute approximate surface area is 108 Å². The maximum atomic E-state index is 1.59. The van der Waals surface area contributed by atoms with Crippen molar-refractivity contribution >= 4 is 0 Å². The molecule has 2 spiro atoms. The fourth-order valence-electron chi connectivity index (χ4n) is 5.22. The summed E-state index contributed by atoms with van der Waals surface area (Å²) >= 11 is 0. The second kappa shape index (κ2) is 4.94. The van der Waals surface area contributed by atoms with Crippen molar-refractivity contribution in [2.45, 2.75) is 96.3 Å². The summed E-state index contributed by atoms with van der Waals surface area (Å²) in [4.78, 5) is 0. The highest BCUT2D eigenvalue weighted by atomic mass is 14.5. The predicted molar refractivity (Wildman–Crippen MR) is 74.1 cm³/mol. The first-order chi connectivity index (χ1) is 8.33. The molecule has 0 saturated heterocycles. The smallest absolute Gasteiger partial charge is 0.0297 e. The molecule has 3 saturated carbocycles. The van der Waals surface area contributed by atoms with Crippen molar-refractivity contribution in [2.75, 3.05) is 0 Å². The minimum Gasteiger partial charge on any atom is -0.0533 e. The maximum absolute atomic E-state index is 1.59. The second-order valence-electron chi connectivity index (χ2n) is 7.47. The molecule has 0 nitrogen and oxygen atoms in total. The van der Waals surface area contributed by atoms with E-state index in [0.717, 1.165) is 10.8 Å². The van der Waals surface area contributed by atoms with Gasteiger partial charge in [-0.05, 0) is 62.2 Å². The van der Waals surface area contributed by atoms with Crippen molar-refractivity contribution in [3.8, 4) is 0 Å². The van der Waals surface area contributed by atoms with E-state index in [1.54, 1.807) is 57.8 Å². The Kier molecular flexibility index (Phi) is 3.50. The molecule has 0 heteroatoms. The Bertz CT molecular complexity index is 215. The van der Waals surface area contributed by atoms with Gasteiger partial charge in [-0.1, -0.05) is 44.9 Å². The van der Waals surface area contributed by atoms with Crippen LogP contribution in [0.15, 0.2) is 0 Å². The standard InChI is InChI=1S/C17H30/c1-3-8-16(9-4-1)12-7-13-17(15-14-16)10-5-2-6-11-17/h1-15H2. The summed E-state index contributed by atoms with van der Waals surface area (Å²) in [7, 11) is 0. The summed E-state index contributed by atoms with van der Waals surface area (Å²) in [5.41, 5.74) is 1.64. The molecule has 17 heavy (non-hydrogen) atoms. The topological polar surface area (TPSA) is 0 Å². The Morgan fingerprint density at radius 3 is 1.06 bits per heavy atom. The first-order valence-corrected chi connectivity index (χ1v) is 8.33. The van der Waals surface area contributed by atoms with E-state index >= 15 is 0 Å². The summed E-state index contributed by atoms with van der Waals surface area (Å²) in [5.74, 6) is 0. The molecule has 0 N–H and O–H groups in total. The van der Waals surface area contributed by atoms with Crippen molar-refractivity contribution in [3.05, 3.63) is 0 Å². The first kappa shape index (κ1) is 12.1. The fourth-order valence-corrected chi connectivity index (χ4v) is 5.22. The van der Waals surface area contributed by atoms with Gasteiger partial charge in [-0.15, -0.1) is 0 Å². The zero-order valence-corrected chi connectivity index (χ0v) is 11.6. The van der Waals surface area contributed by atoms with Gasteiger partial charge < -0.3 is 0 Å². The Morgan fingerprint density at radius 2 is 0.647 bits per heavy atom. The highest BCUT2D eigenvalue weighted by Gasteiger charge is 2.40. The Balaban J connectivity index is 1.66. The average molecular weight is 234 g/mol. The van der Waals surface area contributed by atoms with Crippen molar-refractivity contribution in [1.82, 2.24) is 0 Å². The van der Waals surface area contributed by atoms with Gasteiger partial charge in [0, 0.05) is 0 Å². The lowest BCUT2D eigenvalue weighted by molar-refractivity contribution is 0.128. The molecule has 98 valence electrons. The molecule has 0 aromatic rings. The molecule has 0 amide bonds. The predicted octanol–water partition coefficient (Wildman–Crippen LogP) is 5.85. The van der Waals surface area contributed by atoms with E-state index in [4.69, 9.17) is 0 Å². The summed E-state index contributed by atoms with van der Waals surface area (Å²) in [5, 5.41) is 0. The molecule has 0 aromatic heterocycles. The minimum absolute atomic E-state index is 0.819. The van der Waals surface area contributed by atoms with Crippen molar-refractivity contribution in [2.24, 2.45) is 10.8 Å². The quantitative estimate of drug-likeness (QED) is 0.493. The van der Waals surface area contributed by atoms with Crippen LogP contribution in [-0.4, -0.2) is 0 Å². The monoisotopic (exact) mass is 234 g/mol. The van der Waals surface area contributed by atoms with Crippen LogP contribution in [0.5, 0.6) is 0 Å². The lowest BCUT2D eigenvalue weighted by Crippen LogP contribution is -2.26. The molecule has 0 aliphatic heterocycles. The number of hydrogen-bond donors (Lipinski definition) is 0. The van der Waals surface area contributed by atoms with Crippen LogP contribution < -0.4 is 0 Å². The molecule has 3 rings (SSSR count). The highest BCUT2D eigenvalue weighted by Crippen LogP contribution is 2.54. The normalized spacial score (nSPS) is 32.5. The van der Waals surface area contributed by atoms with E-state index in [1.165, 1.54) is 38.5 Å². The van der Waals surface area contributed by atoms with Crippen molar-refractivity contribution in [3.63, 3.8) is 0 Å². The molecule has 0 heterocycles. The molecular weight excluding hydrogens is 204 g/mol. The van der Waals surface area contributed by atoms with Crippen LogP contribution in [-0.2, 0) is 0 Å². The third kappa shape index (κ3) is 2.56. The van der Waals surface area contributed by atoms with Gasteiger partial charge in [0.15, 0.2) is 0 Å². The van der Waals surface area contributed by atoms with Gasteiger partial charge in [0.05, 0.1) is 0 Å². The molecule has 0 unspecified atom stereocenters. The fraction of sp³-hybridized carbons (Fsp3) is 1.00. The molecule has 0 aromatic carbocycles. The van der Waals surface area contributed by atoms with Gasteiger partial charge in [-0.3, -0.25) is 0 Å². The van der Waals surface area contributed by atoms with Gasteiger partial charge in [0.25, 0.3) is 0 Å². The molecule has 3 aliphatic rings. The van der Waals surface area contributed by atoms with Gasteiger partial charge in [-0.25, -0.2) is 0 Å². The van der Waals surface area contributed by atoms with E-state index in [0.29, 0.717) is 0 Å². The molecule has 0 bridgehead atoms. The van der Waals surface area contributed by atoms with Crippen LogP contribution in [0.2, 0.25) is 0 Å². The van der Waals surface area contributed by atoms with Gasteiger partial charge in [0.2, 0.25) is 0 Å². The third-order valence-electron chi connectivity index (χ3n) is 6.43. The van der Waals surface area contributed by atoms with Gasteiger partial charge >= 0.3 is 0 Å². The van der Waals surface area contributed by atoms with Crippen molar-refractivity contribution in [1.29, 1.82) is 0 Å². The Morgan fingerprint density at radius 1 is 0.294 bits per heavy atom. The number of rotatable bonds is 0. The molecule has 0 radical (unpaired) electrons. The van der Waals surface area contributed by atoms with Crippen LogP contribution in [0.1, 0.15) is 96.3 Å². The number of hydrogen-bond acceptors (Lipinski definition) is 0. The summed E-state index contributed by atoms with van der Waals surface area (Å²) < 4.78 is 0. The maximum Gasteiger partial charge on any atom is -0.0297 e. The van der Waals surface area contributed by atoms with Crippen LogP contribution in [0.4, 0.5) is 0 Å².